The molecular formula is C17H29N5O7. The molecule has 1 aliphatic rings. The van der Waals surface area contributed by atoms with E-state index in [1.807, 2.05) is 0 Å². The summed E-state index contributed by atoms with van der Waals surface area (Å²) >= 11 is 0. The average Bonchev–Trinajstić information content (AvgIpc) is 3.14. The number of nitrogens with zero attached hydrogens (tertiary/aromatic N) is 1. The fourth-order valence-corrected chi connectivity index (χ4v) is 3.03. The van der Waals surface area contributed by atoms with Gasteiger partial charge in [0.05, 0.1) is 19.0 Å². The normalized spacial score (nSPS) is 18.0. The molecule has 1 saturated heterocycles. The highest BCUT2D eigenvalue weighted by Gasteiger charge is 2.35. The highest BCUT2D eigenvalue weighted by molar-refractivity contribution is 5.93. The van der Waals surface area contributed by atoms with Crippen molar-refractivity contribution in [3.63, 3.8) is 0 Å². The number of amides is 3. The number of unbranched alkanes of at least 4 members (excludes halogenated alkanes) is 1. The van der Waals surface area contributed by atoms with Gasteiger partial charge >= 0.3 is 11.9 Å². The minimum Gasteiger partial charge on any atom is -0.481 e. The van der Waals surface area contributed by atoms with Crippen LogP contribution in [0.3, 0.4) is 0 Å². The first-order valence-corrected chi connectivity index (χ1v) is 9.45. The Hall–Kier alpha value is -2.73. The van der Waals surface area contributed by atoms with Gasteiger partial charge in [0.25, 0.3) is 0 Å². The molecule has 0 saturated carbocycles. The van der Waals surface area contributed by atoms with Crippen molar-refractivity contribution < 1.29 is 34.2 Å². The van der Waals surface area contributed by atoms with Crippen LogP contribution in [0.5, 0.6) is 0 Å². The number of nitrogens with one attached hydrogen (secondary N) is 2. The van der Waals surface area contributed by atoms with Crippen LogP contribution >= 0.6 is 0 Å². The molecule has 0 spiro atoms. The molecule has 3 unspecified atom stereocenters. The van der Waals surface area contributed by atoms with Gasteiger partial charge in [0.2, 0.25) is 17.7 Å². The highest BCUT2D eigenvalue weighted by Crippen LogP contribution is 2.18. The third kappa shape index (κ3) is 8.03. The predicted molar refractivity (Wildman–Crippen MR) is 100 cm³/mol. The van der Waals surface area contributed by atoms with Gasteiger partial charge in [0.1, 0.15) is 12.1 Å². The number of carbonyl (C=O) groups is 5. The van der Waals surface area contributed by atoms with E-state index >= 15 is 0 Å². The maximum Gasteiger partial charge on any atom is 0.326 e. The van der Waals surface area contributed by atoms with Gasteiger partial charge in [-0.25, -0.2) is 4.79 Å². The summed E-state index contributed by atoms with van der Waals surface area (Å²) in [5, 5.41) is 22.6. The smallest absolute Gasteiger partial charge is 0.326 e. The number of carboxylic acid groups (broad SMARTS) is 2. The lowest BCUT2D eigenvalue weighted by Crippen LogP contribution is -2.53. The Labute approximate surface area is 168 Å². The summed E-state index contributed by atoms with van der Waals surface area (Å²) in [5.74, 6) is -4.29. The summed E-state index contributed by atoms with van der Waals surface area (Å²) in [6, 6.07) is -3.19. The van der Waals surface area contributed by atoms with E-state index in [2.05, 4.69) is 10.6 Å². The summed E-state index contributed by atoms with van der Waals surface area (Å²) in [5.41, 5.74) is 10.8. The van der Waals surface area contributed by atoms with Crippen molar-refractivity contribution in [1.29, 1.82) is 0 Å². The van der Waals surface area contributed by atoms with Crippen molar-refractivity contribution in [2.24, 2.45) is 11.5 Å². The molecule has 1 fully saturated rings. The molecule has 0 aromatic rings. The molecule has 1 aliphatic heterocycles. The number of aliphatic carboxylic acids is 2. The van der Waals surface area contributed by atoms with Crippen molar-refractivity contribution in [3.8, 4) is 0 Å². The van der Waals surface area contributed by atoms with E-state index in [9.17, 15) is 29.1 Å². The quantitative estimate of drug-likeness (QED) is 0.187. The summed E-state index contributed by atoms with van der Waals surface area (Å²) < 4.78 is 0. The van der Waals surface area contributed by atoms with Crippen LogP contribution in [0.25, 0.3) is 0 Å². The van der Waals surface area contributed by atoms with E-state index in [1.54, 1.807) is 0 Å². The summed E-state index contributed by atoms with van der Waals surface area (Å²) in [6.45, 7) is 0.278. The van der Waals surface area contributed by atoms with E-state index in [0.29, 0.717) is 38.8 Å². The Bertz CT molecular complexity index is 627. The standard InChI is InChI=1S/C17H29N5O7/c18-6-2-1-4-11(17(28)29)21-16(27)12-5-3-7-22(12)13(23)9-20-15(26)10(19)8-14(24)25/h10-12H,1-9,18-19H2,(H,20,26)(H,21,27)(H,24,25)(H,28,29). The Morgan fingerprint density at radius 3 is 2.41 bits per heavy atom. The molecule has 0 aromatic heterocycles. The van der Waals surface area contributed by atoms with Gasteiger partial charge in [-0.05, 0) is 38.6 Å². The molecule has 0 aliphatic carbocycles. The van der Waals surface area contributed by atoms with Crippen LogP contribution in [-0.2, 0) is 24.0 Å². The Morgan fingerprint density at radius 2 is 1.83 bits per heavy atom. The number of likely N-dealkylation sites (tertiary alicyclic amines) is 1. The second kappa shape index (κ2) is 12.0. The first kappa shape index (κ1) is 24.3. The zero-order valence-electron chi connectivity index (χ0n) is 16.1. The van der Waals surface area contributed by atoms with Crippen LogP contribution in [0.4, 0.5) is 0 Å². The van der Waals surface area contributed by atoms with Gasteiger partial charge in [-0.3, -0.25) is 19.2 Å². The molecule has 0 radical (unpaired) electrons. The van der Waals surface area contributed by atoms with Gasteiger partial charge in [0.15, 0.2) is 0 Å². The monoisotopic (exact) mass is 415 g/mol. The van der Waals surface area contributed by atoms with Crippen LogP contribution in [0.15, 0.2) is 0 Å². The van der Waals surface area contributed by atoms with Crippen LogP contribution in [0, 0.1) is 0 Å². The Kier molecular flexibility index (Phi) is 10.0. The molecule has 0 bridgehead atoms. The number of hydrogen-bond acceptors (Lipinski definition) is 7. The van der Waals surface area contributed by atoms with Crippen LogP contribution in [0.1, 0.15) is 38.5 Å². The van der Waals surface area contributed by atoms with E-state index in [-0.39, 0.29) is 6.42 Å². The molecule has 0 aromatic carbocycles. The Balaban J connectivity index is 2.60. The first-order chi connectivity index (χ1) is 13.7. The van der Waals surface area contributed by atoms with Crippen molar-refractivity contribution in [1.82, 2.24) is 15.5 Å². The average molecular weight is 415 g/mol. The van der Waals surface area contributed by atoms with Crippen molar-refractivity contribution in [3.05, 3.63) is 0 Å². The lowest BCUT2D eigenvalue weighted by Gasteiger charge is -2.26. The number of hydrogen-bond donors (Lipinski definition) is 6. The number of rotatable bonds is 12. The minimum absolute atomic E-state index is 0.233. The lowest BCUT2D eigenvalue weighted by molar-refractivity contribution is -0.144. The van der Waals surface area contributed by atoms with E-state index in [4.69, 9.17) is 16.6 Å². The topological polar surface area (TPSA) is 205 Å². The molecule has 12 nitrogen and oxygen atoms in total. The number of carbonyl (C=O) groups excluding carboxylic acids is 3. The van der Waals surface area contributed by atoms with Crippen molar-refractivity contribution >= 4 is 29.7 Å². The lowest BCUT2D eigenvalue weighted by atomic mass is 10.1. The molecule has 164 valence electrons. The maximum atomic E-state index is 12.5. The molecule has 8 N–H and O–H groups in total. The zero-order valence-corrected chi connectivity index (χ0v) is 16.1. The number of carboxylic acids is 2. The van der Waals surface area contributed by atoms with Crippen molar-refractivity contribution in [2.75, 3.05) is 19.6 Å². The van der Waals surface area contributed by atoms with Gasteiger partial charge in [-0.2, -0.15) is 0 Å². The largest absolute Gasteiger partial charge is 0.481 e. The van der Waals surface area contributed by atoms with Crippen LogP contribution < -0.4 is 22.1 Å². The summed E-state index contributed by atoms with van der Waals surface area (Å²) in [6.07, 6.45) is 1.77. The second-order valence-electron chi connectivity index (χ2n) is 6.85. The third-order valence-electron chi connectivity index (χ3n) is 4.58. The Morgan fingerprint density at radius 1 is 1.14 bits per heavy atom. The van der Waals surface area contributed by atoms with E-state index in [0.717, 1.165) is 0 Å². The minimum atomic E-state index is -1.29. The van der Waals surface area contributed by atoms with Crippen LogP contribution in [0.2, 0.25) is 0 Å². The van der Waals surface area contributed by atoms with Gasteiger partial charge in [-0.15, -0.1) is 0 Å². The van der Waals surface area contributed by atoms with Gasteiger partial charge in [0, 0.05) is 6.54 Å². The highest BCUT2D eigenvalue weighted by atomic mass is 16.4. The van der Waals surface area contributed by atoms with Gasteiger partial charge < -0.3 is 37.2 Å². The molecule has 1 heterocycles. The molecule has 3 atom stereocenters. The molecule has 1 rings (SSSR count). The molecule has 29 heavy (non-hydrogen) atoms. The first-order valence-electron chi connectivity index (χ1n) is 9.45. The van der Waals surface area contributed by atoms with E-state index < -0.39 is 60.8 Å². The summed E-state index contributed by atoms with van der Waals surface area (Å²) in [4.78, 5) is 59.8. The molecule has 3 amide bonds. The fourth-order valence-electron chi connectivity index (χ4n) is 3.03. The van der Waals surface area contributed by atoms with E-state index in [1.165, 1.54) is 4.90 Å². The predicted octanol–water partition coefficient (Wildman–Crippen LogP) is -2.41. The third-order valence-corrected chi connectivity index (χ3v) is 4.58. The summed E-state index contributed by atoms with van der Waals surface area (Å²) in [7, 11) is 0. The molecule has 12 heteroatoms. The number of nitrogens with two attached hydrogens (primary N) is 2. The fraction of sp³-hybridized carbons (Fsp3) is 0.706. The second-order valence-corrected chi connectivity index (χ2v) is 6.85. The SMILES string of the molecule is NCCCCC(NC(=O)C1CCCN1C(=O)CNC(=O)C(N)CC(=O)O)C(=O)O. The maximum absolute atomic E-state index is 12.5. The van der Waals surface area contributed by atoms with Crippen LogP contribution in [-0.4, -0.2) is 82.5 Å². The van der Waals surface area contributed by atoms with Gasteiger partial charge in [-0.1, -0.05) is 0 Å². The van der Waals surface area contributed by atoms with Crippen molar-refractivity contribution in [2.45, 2.75) is 56.7 Å². The molecular weight excluding hydrogens is 386 g/mol. The zero-order chi connectivity index (χ0) is 22.0.